The van der Waals surface area contributed by atoms with Crippen LogP contribution in [0.1, 0.15) is 71.4 Å². The summed E-state index contributed by atoms with van der Waals surface area (Å²) in [4.78, 5) is 38.4. The van der Waals surface area contributed by atoms with E-state index in [2.05, 4.69) is 45.9 Å². The van der Waals surface area contributed by atoms with Crippen LogP contribution in [0.25, 0.3) is 11.4 Å². The summed E-state index contributed by atoms with van der Waals surface area (Å²) in [5.74, 6) is -1.07. The number of hydrogen-bond acceptors (Lipinski definition) is 4. The number of carbonyl (C=O) groups excluding carboxylic acids is 1. The number of rotatable bonds is 8. The molecule has 2 amide bonds. The summed E-state index contributed by atoms with van der Waals surface area (Å²) >= 11 is 5.56. The standard InChI is InChI=1S/C19H20N2O3.C19H18N2O2S/c1-13(2)14-5-3-7-16(11-14)20-9-10-21(19(20)24)17-8-4-6-15(12-17)18(22)23;1-13(2)14-6-8-16(9-7-14)20-10-11-21(19(20)24)17-5-3-4-15(12-17)18(22)23/h3-8,11-13H,9-10H2,1-2H3,(H,22,23);3-13H,1-2H3,(H,22,23). The Morgan fingerprint density at radius 3 is 1.58 bits per heavy atom. The van der Waals surface area contributed by atoms with Crippen LogP contribution < -0.4 is 9.80 Å². The first-order chi connectivity index (χ1) is 22.9. The predicted molar refractivity (Wildman–Crippen MR) is 191 cm³/mol. The predicted octanol–water partition coefficient (Wildman–Crippen LogP) is 8.77. The van der Waals surface area contributed by atoms with Gasteiger partial charge in [0.2, 0.25) is 0 Å². The van der Waals surface area contributed by atoms with Crippen molar-refractivity contribution in [2.75, 3.05) is 22.9 Å². The first-order valence-corrected chi connectivity index (χ1v) is 16.1. The van der Waals surface area contributed by atoms with Crippen molar-refractivity contribution < 1.29 is 24.6 Å². The average Bonchev–Trinajstić information content (AvgIpc) is 3.67. The Morgan fingerprint density at radius 1 is 0.604 bits per heavy atom. The average molecular weight is 663 g/mol. The van der Waals surface area contributed by atoms with Crippen LogP contribution in [-0.2, 0) is 0 Å². The summed E-state index contributed by atoms with van der Waals surface area (Å²) in [5, 5.41) is 18.3. The number of nitrogens with zero attached hydrogens (tertiary/aromatic N) is 4. The molecule has 6 rings (SSSR count). The Hall–Kier alpha value is -5.48. The first-order valence-electron chi connectivity index (χ1n) is 15.7. The molecule has 5 aromatic rings. The summed E-state index contributed by atoms with van der Waals surface area (Å²) in [5.41, 5.74) is 6.09. The molecule has 0 aliphatic carbocycles. The van der Waals surface area contributed by atoms with Crippen molar-refractivity contribution in [3.8, 4) is 11.4 Å². The molecule has 0 atom stereocenters. The summed E-state index contributed by atoms with van der Waals surface area (Å²) in [7, 11) is 0. The number of carboxylic acid groups (broad SMARTS) is 2. The van der Waals surface area contributed by atoms with Gasteiger partial charge in [-0.2, -0.15) is 0 Å². The smallest absolute Gasteiger partial charge is 0.335 e. The van der Waals surface area contributed by atoms with Crippen LogP contribution in [0.15, 0.2) is 109 Å². The highest BCUT2D eigenvalue weighted by Gasteiger charge is 2.31. The third kappa shape index (κ3) is 7.39. The van der Waals surface area contributed by atoms with Gasteiger partial charge >= 0.3 is 18.0 Å². The van der Waals surface area contributed by atoms with Gasteiger partial charge in [-0.15, -0.1) is 0 Å². The molecule has 10 heteroatoms. The molecule has 2 heterocycles. The molecule has 1 aromatic heterocycles. The molecule has 1 aliphatic heterocycles. The van der Waals surface area contributed by atoms with Crippen LogP contribution in [-0.4, -0.2) is 50.4 Å². The molecular formula is C38H38N4O5S. The van der Waals surface area contributed by atoms with Gasteiger partial charge in [-0.25, -0.2) is 14.4 Å². The van der Waals surface area contributed by atoms with E-state index < -0.39 is 11.9 Å². The summed E-state index contributed by atoms with van der Waals surface area (Å²) in [6.07, 6.45) is 3.74. The van der Waals surface area contributed by atoms with Crippen molar-refractivity contribution in [3.05, 3.63) is 136 Å². The SMILES string of the molecule is CC(C)c1ccc(-n2ccn(-c3cccc(C(=O)O)c3)c2=S)cc1.CC(C)c1cccc(N2CCN(c3cccc(C(=O)O)c3)C2=O)c1. The van der Waals surface area contributed by atoms with E-state index in [4.69, 9.17) is 22.4 Å². The van der Waals surface area contributed by atoms with Crippen LogP contribution in [0.4, 0.5) is 16.2 Å². The molecule has 9 nitrogen and oxygen atoms in total. The van der Waals surface area contributed by atoms with Gasteiger partial charge in [-0.3, -0.25) is 18.9 Å². The molecule has 0 radical (unpaired) electrons. The number of amides is 2. The number of anilines is 2. The minimum Gasteiger partial charge on any atom is -0.478 e. The van der Waals surface area contributed by atoms with E-state index in [0.29, 0.717) is 35.4 Å². The fraction of sp³-hybridized carbons (Fsp3) is 0.211. The van der Waals surface area contributed by atoms with E-state index in [9.17, 15) is 14.4 Å². The lowest BCUT2D eigenvalue weighted by molar-refractivity contribution is 0.0686. The first kappa shape index (κ1) is 33.9. The van der Waals surface area contributed by atoms with E-state index in [1.54, 1.807) is 44.7 Å². The minimum absolute atomic E-state index is 0.126. The highest BCUT2D eigenvalue weighted by Crippen LogP contribution is 2.28. The second-order valence-corrected chi connectivity index (χ2v) is 12.5. The van der Waals surface area contributed by atoms with Crippen molar-refractivity contribution in [1.29, 1.82) is 0 Å². The Balaban J connectivity index is 0.000000188. The van der Waals surface area contributed by atoms with Gasteiger partial charge in [0, 0.05) is 48.2 Å². The highest BCUT2D eigenvalue weighted by molar-refractivity contribution is 7.71. The Kier molecular flexibility index (Phi) is 10.2. The fourth-order valence-corrected chi connectivity index (χ4v) is 5.79. The zero-order chi connectivity index (χ0) is 34.5. The monoisotopic (exact) mass is 662 g/mol. The van der Waals surface area contributed by atoms with Gasteiger partial charge in [0.1, 0.15) is 0 Å². The molecule has 0 spiro atoms. The molecule has 0 unspecified atom stereocenters. The lowest BCUT2D eigenvalue weighted by Crippen LogP contribution is -2.31. The van der Waals surface area contributed by atoms with Crippen LogP contribution >= 0.6 is 12.2 Å². The summed E-state index contributed by atoms with van der Waals surface area (Å²) in [6, 6.07) is 29.4. The summed E-state index contributed by atoms with van der Waals surface area (Å²) < 4.78 is 4.31. The maximum Gasteiger partial charge on any atom is 0.335 e. The number of carboxylic acids is 2. The van der Waals surface area contributed by atoms with E-state index in [1.165, 1.54) is 23.3 Å². The Bertz CT molecular complexity index is 2010. The zero-order valence-corrected chi connectivity index (χ0v) is 28.1. The van der Waals surface area contributed by atoms with Gasteiger partial charge in [-0.05, 0) is 95.8 Å². The second-order valence-electron chi connectivity index (χ2n) is 12.1. The van der Waals surface area contributed by atoms with E-state index >= 15 is 0 Å². The van der Waals surface area contributed by atoms with Crippen molar-refractivity contribution in [2.24, 2.45) is 0 Å². The third-order valence-corrected chi connectivity index (χ3v) is 8.64. The van der Waals surface area contributed by atoms with E-state index in [-0.39, 0.29) is 17.2 Å². The molecule has 0 saturated carbocycles. The largest absolute Gasteiger partial charge is 0.478 e. The topological polar surface area (TPSA) is 108 Å². The number of carbonyl (C=O) groups is 3. The Labute approximate surface area is 284 Å². The second kappa shape index (κ2) is 14.5. The van der Waals surface area contributed by atoms with E-state index in [0.717, 1.165) is 17.1 Å². The summed E-state index contributed by atoms with van der Waals surface area (Å²) in [6.45, 7) is 9.67. The maximum atomic E-state index is 12.8. The number of imidazole rings is 1. The molecule has 2 N–H and O–H groups in total. The van der Waals surface area contributed by atoms with Crippen molar-refractivity contribution in [1.82, 2.24) is 9.13 Å². The number of aromatic carboxylic acids is 2. The maximum absolute atomic E-state index is 12.8. The minimum atomic E-state index is -0.995. The van der Waals surface area contributed by atoms with E-state index in [1.807, 2.05) is 53.4 Å². The molecule has 1 aliphatic rings. The lowest BCUT2D eigenvalue weighted by Gasteiger charge is -2.20. The van der Waals surface area contributed by atoms with Crippen LogP contribution in [0.5, 0.6) is 0 Å². The molecule has 48 heavy (non-hydrogen) atoms. The van der Waals surface area contributed by atoms with Crippen LogP contribution in [0.2, 0.25) is 0 Å². The van der Waals surface area contributed by atoms with Crippen LogP contribution in [0.3, 0.4) is 0 Å². The van der Waals surface area contributed by atoms with Gasteiger partial charge in [-0.1, -0.05) is 64.1 Å². The number of urea groups is 1. The van der Waals surface area contributed by atoms with Crippen LogP contribution in [0, 0.1) is 4.77 Å². The van der Waals surface area contributed by atoms with Crippen molar-refractivity contribution >= 4 is 41.6 Å². The van der Waals surface area contributed by atoms with Crippen molar-refractivity contribution in [2.45, 2.75) is 39.5 Å². The quantitative estimate of drug-likeness (QED) is 0.161. The normalized spacial score (nSPS) is 12.8. The fourth-order valence-electron chi connectivity index (χ4n) is 5.45. The molecular weight excluding hydrogens is 625 g/mol. The molecule has 4 aromatic carbocycles. The molecule has 1 saturated heterocycles. The van der Waals surface area contributed by atoms with Gasteiger partial charge < -0.3 is 10.2 Å². The van der Waals surface area contributed by atoms with Crippen molar-refractivity contribution in [3.63, 3.8) is 0 Å². The number of aromatic nitrogens is 2. The molecule has 0 bridgehead atoms. The lowest BCUT2D eigenvalue weighted by atomic mass is 10.0. The third-order valence-electron chi connectivity index (χ3n) is 8.25. The number of hydrogen-bond donors (Lipinski definition) is 2. The molecule has 246 valence electrons. The van der Waals surface area contributed by atoms with Gasteiger partial charge in [0.15, 0.2) is 4.77 Å². The van der Waals surface area contributed by atoms with Gasteiger partial charge in [0.05, 0.1) is 11.1 Å². The highest BCUT2D eigenvalue weighted by atomic mass is 32.1. The Morgan fingerprint density at radius 2 is 1.06 bits per heavy atom. The number of benzene rings is 4. The van der Waals surface area contributed by atoms with Gasteiger partial charge in [0.25, 0.3) is 0 Å². The zero-order valence-electron chi connectivity index (χ0n) is 27.3. The molecule has 1 fully saturated rings.